The molecule has 0 saturated carbocycles. The standard InChI is InChI=1S/C12H18F2O2/c1-9-4-3-5-11(16-8-10(2)15)6-7-12(9,13)14/h4,11H,3,5-8H2,1-2H3. The van der Waals surface area contributed by atoms with E-state index in [2.05, 4.69) is 0 Å². The molecule has 0 fully saturated rings. The number of Topliss-reactive ketones (excluding diaryl/α,β-unsaturated/α-hetero) is 1. The molecule has 0 aromatic carbocycles. The first-order chi connectivity index (χ1) is 7.42. The van der Waals surface area contributed by atoms with E-state index in [-0.39, 0.29) is 30.5 Å². The van der Waals surface area contributed by atoms with Gasteiger partial charge in [0, 0.05) is 6.42 Å². The lowest BCUT2D eigenvalue weighted by molar-refractivity contribution is -0.124. The van der Waals surface area contributed by atoms with E-state index in [1.165, 1.54) is 13.8 Å². The minimum Gasteiger partial charge on any atom is -0.370 e. The molecule has 16 heavy (non-hydrogen) atoms. The van der Waals surface area contributed by atoms with E-state index in [1.54, 1.807) is 6.08 Å². The molecule has 2 nitrogen and oxygen atoms in total. The van der Waals surface area contributed by atoms with Crippen molar-refractivity contribution in [2.45, 2.75) is 51.6 Å². The Bertz CT molecular complexity index is 285. The van der Waals surface area contributed by atoms with Crippen LogP contribution in [0, 0.1) is 0 Å². The zero-order valence-corrected chi connectivity index (χ0v) is 9.76. The molecule has 4 heteroatoms. The first kappa shape index (κ1) is 13.3. The van der Waals surface area contributed by atoms with Crippen LogP contribution in [0.25, 0.3) is 0 Å². The van der Waals surface area contributed by atoms with E-state index >= 15 is 0 Å². The van der Waals surface area contributed by atoms with Crippen LogP contribution in [0.15, 0.2) is 11.6 Å². The van der Waals surface area contributed by atoms with Crippen molar-refractivity contribution in [3.05, 3.63) is 11.6 Å². The third kappa shape index (κ3) is 4.00. The van der Waals surface area contributed by atoms with Crippen molar-refractivity contribution in [1.82, 2.24) is 0 Å². The summed E-state index contributed by atoms with van der Waals surface area (Å²) in [6.07, 6.45) is 2.76. The highest BCUT2D eigenvalue weighted by Gasteiger charge is 2.33. The highest BCUT2D eigenvalue weighted by molar-refractivity contribution is 5.76. The predicted octanol–water partition coefficient (Wildman–Crippen LogP) is 3.12. The van der Waals surface area contributed by atoms with Gasteiger partial charge in [-0.2, -0.15) is 0 Å². The summed E-state index contributed by atoms with van der Waals surface area (Å²) in [5.41, 5.74) is 0.150. The number of ether oxygens (including phenoxy) is 1. The number of ketones is 1. The molecule has 1 atom stereocenters. The monoisotopic (exact) mass is 232 g/mol. The summed E-state index contributed by atoms with van der Waals surface area (Å²) < 4.78 is 32.1. The Hall–Kier alpha value is -0.770. The van der Waals surface area contributed by atoms with Gasteiger partial charge in [-0.3, -0.25) is 4.79 Å². The normalized spacial score (nSPS) is 25.5. The maximum Gasteiger partial charge on any atom is 0.269 e. The number of carbonyl (C=O) groups is 1. The van der Waals surface area contributed by atoms with Crippen LogP contribution in [0.1, 0.15) is 39.5 Å². The number of halogens is 2. The molecule has 0 aromatic rings. The molecule has 0 heterocycles. The smallest absolute Gasteiger partial charge is 0.269 e. The topological polar surface area (TPSA) is 26.3 Å². The van der Waals surface area contributed by atoms with Crippen molar-refractivity contribution in [1.29, 1.82) is 0 Å². The third-order valence-electron chi connectivity index (χ3n) is 2.82. The van der Waals surface area contributed by atoms with Crippen LogP contribution in [0.2, 0.25) is 0 Å². The van der Waals surface area contributed by atoms with E-state index in [9.17, 15) is 13.6 Å². The van der Waals surface area contributed by atoms with Gasteiger partial charge in [-0.1, -0.05) is 6.08 Å². The van der Waals surface area contributed by atoms with Crippen molar-refractivity contribution in [3.8, 4) is 0 Å². The first-order valence-corrected chi connectivity index (χ1v) is 5.58. The van der Waals surface area contributed by atoms with Gasteiger partial charge in [0.25, 0.3) is 5.92 Å². The largest absolute Gasteiger partial charge is 0.370 e. The predicted molar refractivity (Wildman–Crippen MR) is 57.6 cm³/mol. The summed E-state index contributed by atoms with van der Waals surface area (Å²) in [6, 6.07) is 0. The molecule has 1 aliphatic rings. The van der Waals surface area contributed by atoms with Crippen molar-refractivity contribution in [3.63, 3.8) is 0 Å². The van der Waals surface area contributed by atoms with E-state index in [4.69, 9.17) is 4.74 Å². The van der Waals surface area contributed by atoms with Crippen LogP contribution in [-0.4, -0.2) is 24.4 Å². The van der Waals surface area contributed by atoms with Gasteiger partial charge in [-0.15, -0.1) is 0 Å². The fourth-order valence-electron chi connectivity index (χ4n) is 1.72. The summed E-state index contributed by atoms with van der Waals surface area (Å²) in [4.78, 5) is 10.7. The number of carbonyl (C=O) groups excluding carboxylic acids is 1. The van der Waals surface area contributed by atoms with Gasteiger partial charge >= 0.3 is 0 Å². The van der Waals surface area contributed by atoms with Gasteiger partial charge in [0.05, 0.1) is 6.10 Å². The molecule has 1 aliphatic carbocycles. The Morgan fingerprint density at radius 1 is 1.56 bits per heavy atom. The zero-order chi connectivity index (χ0) is 12.2. The minimum absolute atomic E-state index is 0.0267. The van der Waals surface area contributed by atoms with Gasteiger partial charge in [0.2, 0.25) is 0 Å². The lowest BCUT2D eigenvalue weighted by Crippen LogP contribution is -2.25. The van der Waals surface area contributed by atoms with Crippen molar-refractivity contribution in [2.24, 2.45) is 0 Å². The van der Waals surface area contributed by atoms with E-state index in [0.29, 0.717) is 19.3 Å². The molecule has 0 radical (unpaired) electrons. The molecule has 1 unspecified atom stereocenters. The molecule has 0 aromatic heterocycles. The number of rotatable bonds is 3. The summed E-state index contributed by atoms with van der Waals surface area (Å²) in [7, 11) is 0. The highest BCUT2D eigenvalue weighted by Crippen LogP contribution is 2.33. The maximum atomic E-state index is 13.4. The Morgan fingerprint density at radius 2 is 2.25 bits per heavy atom. The molecule has 0 amide bonds. The van der Waals surface area contributed by atoms with E-state index in [0.717, 1.165) is 0 Å². The molecule has 0 aliphatic heterocycles. The summed E-state index contributed by atoms with van der Waals surface area (Å²) in [5.74, 6) is -2.79. The van der Waals surface area contributed by atoms with Crippen LogP contribution in [0.5, 0.6) is 0 Å². The van der Waals surface area contributed by atoms with Gasteiger partial charge in [0.1, 0.15) is 6.61 Å². The molecular weight excluding hydrogens is 214 g/mol. The Morgan fingerprint density at radius 3 is 2.88 bits per heavy atom. The SMILES string of the molecule is CC(=O)COC1CCC=C(C)C(F)(F)CC1. The van der Waals surface area contributed by atoms with Crippen molar-refractivity contribution in [2.75, 3.05) is 6.61 Å². The van der Waals surface area contributed by atoms with Gasteiger partial charge in [-0.05, 0) is 38.7 Å². The van der Waals surface area contributed by atoms with Gasteiger partial charge < -0.3 is 4.74 Å². The zero-order valence-electron chi connectivity index (χ0n) is 9.76. The van der Waals surface area contributed by atoms with Crippen molar-refractivity contribution >= 4 is 5.78 Å². The fourth-order valence-corrected chi connectivity index (χ4v) is 1.72. The average Bonchev–Trinajstić information content (AvgIpc) is 2.19. The lowest BCUT2D eigenvalue weighted by Gasteiger charge is -2.24. The second-order valence-electron chi connectivity index (χ2n) is 4.34. The summed E-state index contributed by atoms with van der Waals surface area (Å²) in [6.45, 7) is 2.93. The Kier molecular flexibility index (Phi) is 4.59. The molecular formula is C12H18F2O2. The molecule has 0 saturated heterocycles. The molecule has 0 N–H and O–H groups in total. The maximum absolute atomic E-state index is 13.4. The number of hydrogen-bond donors (Lipinski definition) is 0. The number of hydrogen-bond acceptors (Lipinski definition) is 2. The molecule has 1 rings (SSSR count). The lowest BCUT2D eigenvalue weighted by atomic mass is 9.96. The van der Waals surface area contributed by atoms with Crippen LogP contribution in [-0.2, 0) is 9.53 Å². The van der Waals surface area contributed by atoms with Gasteiger partial charge in [-0.25, -0.2) is 8.78 Å². The Labute approximate surface area is 94.7 Å². The highest BCUT2D eigenvalue weighted by atomic mass is 19.3. The quantitative estimate of drug-likeness (QED) is 0.699. The molecule has 0 spiro atoms. The van der Waals surface area contributed by atoms with Crippen molar-refractivity contribution < 1.29 is 18.3 Å². The molecule has 0 bridgehead atoms. The van der Waals surface area contributed by atoms with E-state index < -0.39 is 5.92 Å². The average molecular weight is 232 g/mol. The second kappa shape index (κ2) is 5.53. The number of alkyl halides is 2. The first-order valence-electron chi connectivity index (χ1n) is 5.58. The van der Waals surface area contributed by atoms with E-state index in [1.807, 2.05) is 0 Å². The van der Waals surface area contributed by atoms with Crippen LogP contribution in [0.3, 0.4) is 0 Å². The van der Waals surface area contributed by atoms with Crippen LogP contribution >= 0.6 is 0 Å². The van der Waals surface area contributed by atoms with Gasteiger partial charge in [0.15, 0.2) is 5.78 Å². The number of allylic oxidation sites excluding steroid dienone is 2. The summed E-state index contributed by atoms with van der Waals surface area (Å²) >= 11 is 0. The third-order valence-corrected chi connectivity index (χ3v) is 2.82. The summed E-state index contributed by atoms with van der Waals surface area (Å²) in [5, 5.41) is 0. The van der Waals surface area contributed by atoms with Crippen LogP contribution < -0.4 is 0 Å². The fraction of sp³-hybridized carbons (Fsp3) is 0.750. The molecule has 92 valence electrons. The van der Waals surface area contributed by atoms with Crippen LogP contribution in [0.4, 0.5) is 8.78 Å². The second-order valence-corrected chi connectivity index (χ2v) is 4.34. The Balaban J connectivity index is 2.52. The minimum atomic E-state index is -2.72.